The Hall–Kier alpha value is -0.520. The zero-order chi connectivity index (χ0) is 26.5. The van der Waals surface area contributed by atoms with Crippen molar-refractivity contribution in [1.29, 1.82) is 0 Å². The topological polar surface area (TPSA) is 127 Å². The Morgan fingerprint density at radius 3 is 2.22 bits per heavy atom. The van der Waals surface area contributed by atoms with Gasteiger partial charge in [-0.3, -0.25) is 9.11 Å². The van der Waals surface area contributed by atoms with E-state index in [1.54, 1.807) is 0 Å². The maximum Gasteiger partial charge on any atom is 0.397 e. The molecule has 0 amide bonds. The Morgan fingerprint density at radius 1 is 0.944 bits per heavy atom. The summed E-state index contributed by atoms with van der Waals surface area (Å²) in [5, 5.41) is 0. The highest BCUT2D eigenvalue weighted by molar-refractivity contribution is 7.81. The van der Waals surface area contributed by atoms with Gasteiger partial charge in [-0.05, 0) is 111 Å². The summed E-state index contributed by atoms with van der Waals surface area (Å²) in [5.74, 6) is 3.08. The molecule has 0 saturated heterocycles. The molecular weight excluding hydrogens is 504 g/mol. The van der Waals surface area contributed by atoms with Gasteiger partial charge in [-0.1, -0.05) is 33.3 Å². The first-order valence-corrected chi connectivity index (χ1v) is 16.3. The fraction of sp³-hybridized carbons (Fsp3) is 0.923. The average molecular weight is 549 g/mol. The van der Waals surface area contributed by atoms with Gasteiger partial charge in [0.15, 0.2) is 0 Å². The van der Waals surface area contributed by atoms with Crippen molar-refractivity contribution in [3.8, 4) is 0 Å². The van der Waals surface area contributed by atoms with Crippen LogP contribution in [0.25, 0.3) is 0 Å². The van der Waals surface area contributed by atoms with Crippen LogP contribution in [0.15, 0.2) is 12.7 Å². The highest BCUT2D eigenvalue weighted by atomic mass is 32.3. The van der Waals surface area contributed by atoms with Gasteiger partial charge >= 0.3 is 20.8 Å². The molecule has 0 radical (unpaired) electrons. The minimum absolute atomic E-state index is 0.131. The number of hydrogen-bond donors (Lipinski definition) is 2. The third kappa shape index (κ3) is 5.59. The van der Waals surface area contributed by atoms with E-state index < -0.39 is 33.0 Å². The lowest BCUT2D eigenvalue weighted by atomic mass is 9.44. The van der Waals surface area contributed by atoms with E-state index in [2.05, 4.69) is 27.4 Å². The Morgan fingerprint density at radius 2 is 1.58 bits per heavy atom. The summed E-state index contributed by atoms with van der Waals surface area (Å²) in [6, 6.07) is 0. The van der Waals surface area contributed by atoms with E-state index in [0.29, 0.717) is 35.0 Å². The number of unbranched alkanes of at least 4 members (excludes halogenated alkanes) is 1. The summed E-state index contributed by atoms with van der Waals surface area (Å²) >= 11 is 0. The maximum absolute atomic E-state index is 11.6. The molecule has 0 aromatic carbocycles. The predicted octanol–water partition coefficient (Wildman–Crippen LogP) is 5.62. The van der Waals surface area contributed by atoms with Crippen molar-refractivity contribution < 1.29 is 34.3 Å². The maximum atomic E-state index is 11.6. The Balaban J connectivity index is 1.55. The van der Waals surface area contributed by atoms with Gasteiger partial charge in [0.25, 0.3) is 0 Å². The molecule has 208 valence electrons. The van der Waals surface area contributed by atoms with Crippen LogP contribution in [0.2, 0.25) is 0 Å². The van der Waals surface area contributed by atoms with Crippen molar-refractivity contribution in [2.24, 2.45) is 46.3 Å². The van der Waals surface area contributed by atoms with Crippen LogP contribution >= 0.6 is 0 Å². The largest absolute Gasteiger partial charge is 0.397 e. The summed E-state index contributed by atoms with van der Waals surface area (Å²) in [4.78, 5) is 0. The molecule has 0 aromatic rings. The molecule has 8 nitrogen and oxygen atoms in total. The van der Waals surface area contributed by atoms with Gasteiger partial charge in [0, 0.05) is 0 Å². The van der Waals surface area contributed by atoms with Crippen LogP contribution in [-0.2, 0) is 29.2 Å². The minimum atomic E-state index is -4.82. The Bertz CT molecular complexity index is 1030. The standard InChI is InChI=1S/C26H44O8S2/c1-5-6-7-8-17(2)20-11-12-21-19-10-9-18-15-23(33-35(27,28)29)24(34-36(30,31)32)16-26(18,4)22(19)13-14-25(20,21)3/h5,17-24H,1,6-16H2,2-4H3,(H,27,28,29)(H,30,31,32)/t17-,18+,19+,20-,21+,22+,23+,24+,25-,26+/m1/s1. The molecule has 4 aliphatic rings. The number of rotatable bonds is 9. The summed E-state index contributed by atoms with van der Waals surface area (Å²) in [5.41, 5.74) is 0.0555. The van der Waals surface area contributed by atoms with E-state index in [4.69, 9.17) is 8.37 Å². The van der Waals surface area contributed by atoms with Crippen LogP contribution in [0, 0.1) is 46.3 Å². The molecule has 36 heavy (non-hydrogen) atoms. The highest BCUT2D eigenvalue weighted by Crippen LogP contribution is 2.68. The van der Waals surface area contributed by atoms with Crippen LogP contribution in [0.5, 0.6) is 0 Å². The first-order valence-electron chi connectivity index (χ1n) is 13.6. The average Bonchev–Trinajstić information content (AvgIpc) is 3.10. The third-order valence-electron chi connectivity index (χ3n) is 11.0. The molecular formula is C26H44O8S2. The third-order valence-corrected chi connectivity index (χ3v) is 11.9. The van der Waals surface area contributed by atoms with E-state index >= 15 is 0 Å². The molecule has 4 aliphatic carbocycles. The molecule has 0 aromatic heterocycles. The lowest BCUT2D eigenvalue weighted by Crippen LogP contribution is -2.57. The van der Waals surface area contributed by atoms with Gasteiger partial charge in [0.2, 0.25) is 0 Å². The fourth-order valence-electron chi connectivity index (χ4n) is 9.51. The first kappa shape index (κ1) is 28.5. The molecule has 4 fully saturated rings. The van der Waals surface area contributed by atoms with Gasteiger partial charge in [-0.25, -0.2) is 8.37 Å². The van der Waals surface area contributed by atoms with Gasteiger partial charge in [0.05, 0.1) is 0 Å². The Kier molecular flexibility index (Phi) is 8.09. The molecule has 2 N–H and O–H groups in total. The number of allylic oxidation sites excluding steroid dienone is 1. The van der Waals surface area contributed by atoms with Gasteiger partial charge in [0.1, 0.15) is 12.2 Å². The van der Waals surface area contributed by atoms with E-state index in [1.165, 1.54) is 25.7 Å². The SMILES string of the molecule is C=CCCC[C@@H](C)[C@H]1CC[C@H]2[C@@H]3CC[C@H]4C[C@H](OS(=O)(=O)O)[C@@H](OS(=O)(=O)O)C[C@]4(C)[C@H]3CC[C@]12C. The second-order valence-corrected chi connectivity index (χ2v) is 14.7. The van der Waals surface area contributed by atoms with Crippen molar-refractivity contribution >= 4 is 20.8 Å². The highest BCUT2D eigenvalue weighted by Gasteiger charge is 2.62. The smallest absolute Gasteiger partial charge is 0.264 e. The summed E-state index contributed by atoms with van der Waals surface area (Å²) in [7, 11) is -9.62. The molecule has 0 bridgehead atoms. The zero-order valence-electron chi connectivity index (χ0n) is 21.8. The van der Waals surface area contributed by atoms with Crippen molar-refractivity contribution in [3.05, 3.63) is 12.7 Å². The molecule has 10 atom stereocenters. The van der Waals surface area contributed by atoms with Gasteiger partial charge < -0.3 is 0 Å². The summed E-state index contributed by atoms with van der Waals surface area (Å²) < 4.78 is 74.6. The van der Waals surface area contributed by atoms with Gasteiger partial charge in [-0.15, -0.1) is 6.58 Å². The van der Waals surface area contributed by atoms with Crippen molar-refractivity contribution in [2.45, 2.75) is 104 Å². The van der Waals surface area contributed by atoms with Crippen LogP contribution in [0.4, 0.5) is 0 Å². The second-order valence-electron chi connectivity index (χ2n) is 12.6. The lowest BCUT2D eigenvalue weighted by molar-refractivity contribution is -0.152. The normalized spacial score (nSPS) is 43.8. The second kappa shape index (κ2) is 10.2. The summed E-state index contributed by atoms with van der Waals surface area (Å²) in [6.07, 6.45) is 10.4. The van der Waals surface area contributed by atoms with E-state index in [1.807, 2.05) is 6.08 Å². The Labute approximate surface area is 217 Å². The quantitative estimate of drug-likeness (QED) is 0.216. The minimum Gasteiger partial charge on any atom is -0.264 e. The van der Waals surface area contributed by atoms with Crippen molar-refractivity contribution in [1.82, 2.24) is 0 Å². The predicted molar refractivity (Wildman–Crippen MR) is 137 cm³/mol. The van der Waals surface area contributed by atoms with E-state index in [9.17, 15) is 25.9 Å². The molecule has 0 unspecified atom stereocenters. The molecule has 10 heteroatoms. The van der Waals surface area contributed by atoms with E-state index in [-0.39, 0.29) is 24.2 Å². The van der Waals surface area contributed by atoms with Crippen LogP contribution in [-0.4, -0.2) is 38.1 Å². The first-order chi connectivity index (χ1) is 16.7. The van der Waals surface area contributed by atoms with Crippen LogP contribution < -0.4 is 0 Å². The monoisotopic (exact) mass is 548 g/mol. The summed E-state index contributed by atoms with van der Waals surface area (Å²) in [6.45, 7) is 11.0. The number of hydrogen-bond acceptors (Lipinski definition) is 6. The van der Waals surface area contributed by atoms with Crippen LogP contribution in [0.3, 0.4) is 0 Å². The fourth-order valence-corrected chi connectivity index (χ4v) is 10.5. The van der Waals surface area contributed by atoms with E-state index in [0.717, 1.165) is 32.1 Å². The molecule has 0 aliphatic heterocycles. The van der Waals surface area contributed by atoms with Crippen LogP contribution in [0.1, 0.15) is 91.4 Å². The molecule has 0 spiro atoms. The molecule has 4 rings (SSSR count). The number of fused-ring (bicyclic) bond motifs is 5. The molecule has 4 saturated carbocycles. The van der Waals surface area contributed by atoms with Crippen molar-refractivity contribution in [2.75, 3.05) is 0 Å². The van der Waals surface area contributed by atoms with Crippen molar-refractivity contribution in [3.63, 3.8) is 0 Å². The lowest BCUT2D eigenvalue weighted by Gasteiger charge is -2.62. The molecule has 0 heterocycles. The van der Waals surface area contributed by atoms with Gasteiger partial charge in [-0.2, -0.15) is 16.8 Å². The zero-order valence-corrected chi connectivity index (χ0v) is 23.5.